The van der Waals surface area contributed by atoms with Crippen LogP contribution in [0.15, 0.2) is 36.4 Å². The lowest BCUT2D eigenvalue weighted by atomic mass is 10.2. The molecule has 0 aliphatic heterocycles. The first-order valence-corrected chi connectivity index (χ1v) is 5.99. The fourth-order valence-electron chi connectivity index (χ4n) is 1.59. The molecule has 0 saturated heterocycles. The lowest BCUT2D eigenvalue weighted by Crippen LogP contribution is -2.16. The van der Waals surface area contributed by atoms with Gasteiger partial charge in [-0.15, -0.1) is 0 Å². The van der Waals surface area contributed by atoms with Crippen molar-refractivity contribution in [3.63, 3.8) is 0 Å². The van der Waals surface area contributed by atoms with Gasteiger partial charge in [0.25, 0.3) is 5.91 Å². The summed E-state index contributed by atoms with van der Waals surface area (Å²) in [4.78, 5) is 16.1. The van der Waals surface area contributed by atoms with E-state index in [0.717, 1.165) is 5.56 Å². The molecule has 0 spiro atoms. The average Bonchev–Trinajstić information content (AvgIpc) is 2.39. The lowest BCUT2D eigenvalue weighted by molar-refractivity contribution is 0.102. The van der Waals surface area contributed by atoms with Gasteiger partial charge in [0.1, 0.15) is 11.5 Å². The predicted octanol–water partition coefficient (Wildman–Crippen LogP) is 2.58. The molecule has 19 heavy (non-hydrogen) atoms. The van der Waals surface area contributed by atoms with Gasteiger partial charge in [-0.05, 0) is 36.8 Å². The summed E-state index contributed by atoms with van der Waals surface area (Å²) in [5.41, 5.74) is 4.24. The van der Waals surface area contributed by atoms with Gasteiger partial charge in [-0.1, -0.05) is 23.7 Å². The Bertz CT molecular complexity index is 615. The number of amides is 1. The molecule has 98 valence electrons. The van der Waals surface area contributed by atoms with Gasteiger partial charge in [-0.2, -0.15) is 0 Å². The smallest absolute Gasteiger partial charge is 0.275 e. The second kappa shape index (κ2) is 5.69. The van der Waals surface area contributed by atoms with E-state index < -0.39 is 0 Å². The van der Waals surface area contributed by atoms with Gasteiger partial charge >= 0.3 is 0 Å². The largest absolute Gasteiger partial charge is 0.321 e. The number of nitrogens with one attached hydrogen (secondary N) is 2. The molecular formula is C13H13ClN4O. The van der Waals surface area contributed by atoms with Crippen LogP contribution in [-0.2, 0) is 0 Å². The molecule has 0 atom stereocenters. The van der Waals surface area contributed by atoms with Gasteiger partial charge in [-0.25, -0.2) is 10.8 Å². The molecular weight excluding hydrogens is 264 g/mol. The van der Waals surface area contributed by atoms with Crippen LogP contribution in [0.5, 0.6) is 0 Å². The number of carbonyl (C=O) groups excluding carboxylic acids is 1. The van der Waals surface area contributed by atoms with Crippen molar-refractivity contribution >= 4 is 29.0 Å². The van der Waals surface area contributed by atoms with Gasteiger partial charge in [-0.3, -0.25) is 4.79 Å². The molecule has 0 fully saturated rings. The Hall–Kier alpha value is -2.11. The maximum absolute atomic E-state index is 12.1. The van der Waals surface area contributed by atoms with E-state index in [1.807, 2.05) is 25.1 Å². The Morgan fingerprint density at radius 2 is 2.11 bits per heavy atom. The lowest BCUT2D eigenvalue weighted by Gasteiger charge is -2.08. The number of aryl methyl sites for hydroxylation is 1. The van der Waals surface area contributed by atoms with Crippen LogP contribution in [0.2, 0.25) is 5.02 Å². The van der Waals surface area contributed by atoms with Crippen molar-refractivity contribution in [1.29, 1.82) is 0 Å². The minimum absolute atomic E-state index is 0.124. The molecule has 0 radical (unpaired) electrons. The maximum atomic E-state index is 12.1. The fourth-order valence-corrected chi connectivity index (χ4v) is 1.79. The minimum atomic E-state index is -0.382. The summed E-state index contributed by atoms with van der Waals surface area (Å²) in [6.45, 7) is 1.94. The van der Waals surface area contributed by atoms with E-state index in [4.69, 9.17) is 17.4 Å². The normalized spacial score (nSPS) is 10.1. The van der Waals surface area contributed by atoms with E-state index in [9.17, 15) is 4.79 Å². The molecule has 0 saturated carbocycles. The third-order valence-electron chi connectivity index (χ3n) is 2.48. The standard InChI is InChI=1S/C13H13ClN4O/c1-8-3-2-4-9(7-8)16-13(19)12-10(14)5-6-11(17-12)18-15/h2-7H,15H2,1H3,(H,16,19)(H,17,18). The summed E-state index contributed by atoms with van der Waals surface area (Å²) in [7, 11) is 0. The molecule has 1 heterocycles. The van der Waals surface area contributed by atoms with E-state index in [1.165, 1.54) is 0 Å². The Balaban J connectivity index is 2.25. The summed E-state index contributed by atoms with van der Waals surface area (Å²) in [6.07, 6.45) is 0. The third kappa shape index (κ3) is 3.21. The van der Waals surface area contributed by atoms with Crippen molar-refractivity contribution < 1.29 is 4.79 Å². The number of rotatable bonds is 3. The van der Waals surface area contributed by atoms with Crippen molar-refractivity contribution in [2.24, 2.45) is 5.84 Å². The summed E-state index contributed by atoms with van der Waals surface area (Å²) in [6, 6.07) is 10.6. The van der Waals surface area contributed by atoms with E-state index >= 15 is 0 Å². The molecule has 4 N–H and O–H groups in total. The van der Waals surface area contributed by atoms with E-state index in [0.29, 0.717) is 11.5 Å². The van der Waals surface area contributed by atoms with Crippen LogP contribution in [0.1, 0.15) is 16.1 Å². The molecule has 2 aromatic rings. The second-order valence-electron chi connectivity index (χ2n) is 3.99. The van der Waals surface area contributed by atoms with Gasteiger partial charge < -0.3 is 10.7 Å². The number of carbonyl (C=O) groups is 1. The summed E-state index contributed by atoms with van der Waals surface area (Å²) in [5.74, 6) is 5.25. The zero-order valence-corrected chi connectivity index (χ0v) is 11.0. The Kier molecular flexibility index (Phi) is 3.99. The van der Waals surface area contributed by atoms with Crippen molar-refractivity contribution in [1.82, 2.24) is 4.98 Å². The third-order valence-corrected chi connectivity index (χ3v) is 2.79. The number of hydrazine groups is 1. The zero-order valence-electron chi connectivity index (χ0n) is 10.3. The minimum Gasteiger partial charge on any atom is -0.321 e. The van der Waals surface area contributed by atoms with Crippen molar-refractivity contribution in [3.05, 3.63) is 52.7 Å². The number of nitrogens with two attached hydrogens (primary N) is 1. The van der Waals surface area contributed by atoms with E-state index in [2.05, 4.69) is 15.7 Å². The summed E-state index contributed by atoms with van der Waals surface area (Å²) >= 11 is 5.95. The number of halogens is 1. The monoisotopic (exact) mass is 276 g/mol. The topological polar surface area (TPSA) is 80.0 Å². The van der Waals surface area contributed by atoms with Gasteiger partial charge in [0.15, 0.2) is 0 Å². The van der Waals surface area contributed by atoms with Crippen LogP contribution in [-0.4, -0.2) is 10.9 Å². The Morgan fingerprint density at radius 1 is 1.32 bits per heavy atom. The molecule has 6 heteroatoms. The molecule has 1 aromatic heterocycles. The number of benzene rings is 1. The SMILES string of the molecule is Cc1cccc(NC(=O)c2nc(NN)ccc2Cl)c1. The zero-order chi connectivity index (χ0) is 13.8. The number of hydrogen-bond acceptors (Lipinski definition) is 4. The highest BCUT2D eigenvalue weighted by atomic mass is 35.5. The number of nitrogens with zero attached hydrogens (tertiary/aromatic N) is 1. The molecule has 2 rings (SSSR count). The van der Waals surface area contributed by atoms with Crippen LogP contribution >= 0.6 is 11.6 Å². The van der Waals surface area contributed by atoms with E-state index in [1.54, 1.807) is 18.2 Å². The molecule has 0 aliphatic rings. The van der Waals surface area contributed by atoms with E-state index in [-0.39, 0.29) is 16.6 Å². The van der Waals surface area contributed by atoms with Crippen LogP contribution in [0.4, 0.5) is 11.5 Å². The Labute approximate surface area is 115 Å². The van der Waals surface area contributed by atoms with Gasteiger partial charge in [0, 0.05) is 5.69 Å². The molecule has 0 aliphatic carbocycles. The quantitative estimate of drug-likeness (QED) is 0.595. The highest BCUT2D eigenvalue weighted by molar-refractivity contribution is 6.34. The van der Waals surface area contributed by atoms with Gasteiger partial charge in [0.2, 0.25) is 0 Å². The van der Waals surface area contributed by atoms with Crippen molar-refractivity contribution in [2.45, 2.75) is 6.92 Å². The molecule has 1 aromatic carbocycles. The van der Waals surface area contributed by atoms with Gasteiger partial charge in [0.05, 0.1) is 5.02 Å². The summed E-state index contributed by atoms with van der Waals surface area (Å²) in [5, 5.41) is 3.00. The molecule has 0 bridgehead atoms. The van der Waals surface area contributed by atoms with Crippen LogP contribution in [0, 0.1) is 6.92 Å². The average molecular weight is 277 g/mol. The number of aromatic nitrogens is 1. The highest BCUT2D eigenvalue weighted by Gasteiger charge is 2.13. The van der Waals surface area contributed by atoms with Crippen LogP contribution < -0.4 is 16.6 Å². The Morgan fingerprint density at radius 3 is 2.79 bits per heavy atom. The van der Waals surface area contributed by atoms with Crippen molar-refractivity contribution in [2.75, 3.05) is 10.7 Å². The number of anilines is 2. The predicted molar refractivity (Wildman–Crippen MR) is 76.2 cm³/mol. The van der Waals surface area contributed by atoms with Crippen LogP contribution in [0.3, 0.4) is 0 Å². The second-order valence-corrected chi connectivity index (χ2v) is 4.40. The number of pyridine rings is 1. The highest BCUT2D eigenvalue weighted by Crippen LogP contribution is 2.18. The molecule has 1 amide bonds. The molecule has 5 nitrogen and oxygen atoms in total. The first-order valence-electron chi connectivity index (χ1n) is 5.61. The summed E-state index contributed by atoms with van der Waals surface area (Å²) < 4.78 is 0. The molecule has 0 unspecified atom stereocenters. The maximum Gasteiger partial charge on any atom is 0.275 e. The number of nitrogen functional groups attached to an aromatic ring is 1. The first-order chi connectivity index (χ1) is 9.10. The van der Waals surface area contributed by atoms with Crippen LogP contribution in [0.25, 0.3) is 0 Å². The number of hydrogen-bond donors (Lipinski definition) is 3. The van der Waals surface area contributed by atoms with Crippen molar-refractivity contribution in [3.8, 4) is 0 Å². The first kappa shape index (κ1) is 13.3. The fraction of sp³-hybridized carbons (Fsp3) is 0.0769.